The normalized spacial score (nSPS) is 18.0. The number of sulfonamides is 1. The first kappa shape index (κ1) is 19.2. The van der Waals surface area contributed by atoms with Gasteiger partial charge in [-0.3, -0.25) is 9.59 Å². The van der Waals surface area contributed by atoms with Gasteiger partial charge in [0.05, 0.1) is 12.0 Å². The number of benzene rings is 1. The van der Waals surface area contributed by atoms with Crippen LogP contribution in [0.3, 0.4) is 0 Å². The van der Waals surface area contributed by atoms with Gasteiger partial charge in [-0.2, -0.15) is 4.31 Å². The number of carbonyl (C=O) groups is 2. The van der Waals surface area contributed by atoms with Crippen molar-refractivity contribution in [1.29, 1.82) is 0 Å². The lowest BCUT2D eigenvalue weighted by Gasteiger charge is -2.23. The van der Waals surface area contributed by atoms with E-state index in [1.807, 2.05) is 0 Å². The number of hydrogen-bond donors (Lipinski definition) is 0. The fourth-order valence-electron chi connectivity index (χ4n) is 2.50. The third-order valence-corrected chi connectivity index (χ3v) is 5.90. The van der Waals surface area contributed by atoms with Gasteiger partial charge in [0.2, 0.25) is 10.0 Å². The number of ether oxygens (including phenoxy) is 2. The number of esters is 1. The molecule has 1 aromatic rings. The average Bonchev–Trinajstić information content (AvgIpc) is 3.10. The van der Waals surface area contributed by atoms with Crippen molar-refractivity contribution in [1.82, 2.24) is 9.21 Å². The van der Waals surface area contributed by atoms with Gasteiger partial charge in [-0.05, 0) is 37.1 Å². The summed E-state index contributed by atoms with van der Waals surface area (Å²) in [5.41, 5.74) is 0. The molecule has 25 heavy (non-hydrogen) atoms. The summed E-state index contributed by atoms with van der Waals surface area (Å²) in [6, 6.07) is 5.05. The summed E-state index contributed by atoms with van der Waals surface area (Å²) in [6.45, 7) is -0.172. The van der Waals surface area contributed by atoms with Crippen LogP contribution in [0.15, 0.2) is 29.2 Å². The number of amides is 1. The second-order valence-corrected chi connectivity index (χ2v) is 7.74. The van der Waals surface area contributed by atoms with Gasteiger partial charge >= 0.3 is 5.97 Å². The molecule has 0 bridgehead atoms. The van der Waals surface area contributed by atoms with E-state index in [2.05, 4.69) is 0 Å². The lowest BCUT2D eigenvalue weighted by Crippen LogP contribution is -2.42. The molecule has 0 N–H and O–H groups in total. The van der Waals surface area contributed by atoms with Gasteiger partial charge in [-0.25, -0.2) is 8.42 Å². The highest BCUT2D eigenvalue weighted by atomic mass is 32.2. The zero-order chi connectivity index (χ0) is 18.6. The van der Waals surface area contributed by atoms with Crippen molar-refractivity contribution in [3.05, 3.63) is 24.3 Å². The Kier molecular flexibility index (Phi) is 6.02. The molecule has 1 aromatic carbocycles. The maximum Gasteiger partial charge on any atom is 0.324 e. The molecule has 1 aliphatic rings. The van der Waals surface area contributed by atoms with Crippen LogP contribution in [-0.2, 0) is 24.3 Å². The number of nitrogens with zero attached hydrogens (tertiary/aromatic N) is 2. The minimum Gasteiger partial charge on any atom is -0.497 e. The van der Waals surface area contributed by atoms with E-state index in [0.717, 1.165) is 4.31 Å². The molecule has 1 heterocycles. The van der Waals surface area contributed by atoms with Crippen molar-refractivity contribution in [2.75, 3.05) is 34.4 Å². The molecular formula is C16H22N2O6S. The van der Waals surface area contributed by atoms with E-state index in [1.54, 1.807) is 26.2 Å². The summed E-state index contributed by atoms with van der Waals surface area (Å²) in [5, 5.41) is 0. The molecule has 0 spiro atoms. The molecule has 0 aromatic heterocycles. The molecule has 0 aliphatic carbocycles. The molecule has 1 aliphatic heterocycles. The van der Waals surface area contributed by atoms with Gasteiger partial charge in [0, 0.05) is 20.6 Å². The van der Waals surface area contributed by atoms with Gasteiger partial charge in [0.25, 0.3) is 5.91 Å². The van der Waals surface area contributed by atoms with E-state index in [-0.39, 0.29) is 17.3 Å². The Balaban J connectivity index is 2.13. The van der Waals surface area contributed by atoms with Crippen LogP contribution in [-0.4, -0.2) is 69.9 Å². The topological polar surface area (TPSA) is 93.2 Å². The zero-order valence-electron chi connectivity index (χ0n) is 14.5. The first-order chi connectivity index (χ1) is 11.8. The van der Waals surface area contributed by atoms with Gasteiger partial charge < -0.3 is 14.4 Å². The lowest BCUT2D eigenvalue weighted by molar-refractivity contribution is -0.153. The Hall–Kier alpha value is -2.13. The van der Waals surface area contributed by atoms with Crippen molar-refractivity contribution in [3.8, 4) is 5.75 Å². The Morgan fingerprint density at radius 1 is 1.24 bits per heavy atom. The number of rotatable bonds is 6. The summed E-state index contributed by atoms with van der Waals surface area (Å²) < 4.78 is 36.7. The van der Waals surface area contributed by atoms with Crippen LogP contribution < -0.4 is 4.74 Å². The van der Waals surface area contributed by atoms with E-state index in [0.29, 0.717) is 18.6 Å². The fourth-order valence-corrected chi connectivity index (χ4v) is 4.15. The Morgan fingerprint density at radius 2 is 1.88 bits per heavy atom. The molecule has 0 radical (unpaired) electrons. The smallest absolute Gasteiger partial charge is 0.324 e. The molecule has 0 unspecified atom stereocenters. The molecule has 2 rings (SSSR count). The maximum atomic E-state index is 12.8. The molecule has 138 valence electrons. The number of likely N-dealkylation sites (N-methyl/N-ethyl adjacent to an activating group) is 1. The van der Waals surface area contributed by atoms with Crippen molar-refractivity contribution in [3.63, 3.8) is 0 Å². The Morgan fingerprint density at radius 3 is 2.44 bits per heavy atom. The third-order valence-electron chi connectivity index (χ3n) is 3.98. The minimum atomic E-state index is -3.83. The van der Waals surface area contributed by atoms with Gasteiger partial charge in [-0.1, -0.05) is 0 Å². The predicted octanol–water partition coefficient (Wildman–Crippen LogP) is 0.480. The highest BCUT2D eigenvalue weighted by Crippen LogP contribution is 2.27. The van der Waals surface area contributed by atoms with Crippen LogP contribution in [0.1, 0.15) is 12.8 Å². The molecule has 1 amide bonds. The number of hydrogen-bond acceptors (Lipinski definition) is 6. The number of methoxy groups -OCH3 is 1. The van der Waals surface area contributed by atoms with E-state index in [4.69, 9.17) is 9.47 Å². The quantitative estimate of drug-likeness (QED) is 0.676. The highest BCUT2D eigenvalue weighted by molar-refractivity contribution is 7.89. The zero-order valence-corrected chi connectivity index (χ0v) is 15.3. The second-order valence-electron chi connectivity index (χ2n) is 5.85. The molecule has 9 heteroatoms. The Labute approximate surface area is 147 Å². The highest BCUT2D eigenvalue weighted by Gasteiger charge is 2.40. The monoisotopic (exact) mass is 370 g/mol. The van der Waals surface area contributed by atoms with Crippen LogP contribution in [0.2, 0.25) is 0 Å². The average molecular weight is 370 g/mol. The Bertz CT molecular complexity index is 729. The van der Waals surface area contributed by atoms with Crippen LogP contribution in [0.4, 0.5) is 0 Å². The SMILES string of the molecule is COc1ccc(S(=O)(=O)N2CCC[C@H]2C(=O)OCC(=O)N(C)C)cc1. The minimum absolute atomic E-state index is 0.0809. The van der Waals surface area contributed by atoms with Crippen molar-refractivity contribution >= 4 is 21.9 Å². The molecule has 8 nitrogen and oxygen atoms in total. The lowest BCUT2D eigenvalue weighted by atomic mass is 10.2. The maximum absolute atomic E-state index is 12.8. The number of carbonyl (C=O) groups excluding carboxylic acids is 2. The van der Waals surface area contributed by atoms with Crippen LogP contribution >= 0.6 is 0 Å². The third kappa shape index (κ3) is 4.29. The molecular weight excluding hydrogens is 348 g/mol. The standard InChI is InChI=1S/C16H22N2O6S/c1-17(2)15(19)11-24-16(20)14-5-4-10-18(14)25(21,22)13-8-6-12(23-3)7-9-13/h6-9,14H,4-5,10-11H2,1-3H3/t14-/m0/s1. The summed E-state index contributed by atoms with van der Waals surface area (Å²) in [6.07, 6.45) is 0.918. The molecule has 0 saturated carbocycles. The van der Waals surface area contributed by atoms with E-state index >= 15 is 0 Å². The van der Waals surface area contributed by atoms with Crippen LogP contribution in [0.5, 0.6) is 5.75 Å². The van der Waals surface area contributed by atoms with Crippen molar-refractivity contribution in [2.45, 2.75) is 23.8 Å². The molecule has 1 fully saturated rings. The van der Waals surface area contributed by atoms with Crippen LogP contribution in [0.25, 0.3) is 0 Å². The molecule has 1 atom stereocenters. The van der Waals surface area contributed by atoms with E-state index < -0.39 is 28.6 Å². The largest absolute Gasteiger partial charge is 0.497 e. The van der Waals surface area contributed by atoms with Gasteiger partial charge in [0.1, 0.15) is 11.8 Å². The fraction of sp³-hybridized carbons (Fsp3) is 0.500. The van der Waals surface area contributed by atoms with Gasteiger partial charge in [-0.15, -0.1) is 0 Å². The molecule has 1 saturated heterocycles. The van der Waals surface area contributed by atoms with E-state index in [1.165, 1.54) is 24.1 Å². The summed E-state index contributed by atoms with van der Waals surface area (Å²) in [4.78, 5) is 25.1. The first-order valence-corrected chi connectivity index (χ1v) is 9.24. The second kappa shape index (κ2) is 7.83. The van der Waals surface area contributed by atoms with Crippen molar-refractivity contribution in [2.24, 2.45) is 0 Å². The van der Waals surface area contributed by atoms with Gasteiger partial charge in [0.15, 0.2) is 6.61 Å². The van der Waals surface area contributed by atoms with Crippen LogP contribution in [0, 0.1) is 0 Å². The summed E-state index contributed by atoms with van der Waals surface area (Å²) >= 11 is 0. The summed E-state index contributed by atoms with van der Waals surface area (Å²) in [7, 11) is 0.756. The van der Waals surface area contributed by atoms with Crippen molar-refractivity contribution < 1.29 is 27.5 Å². The first-order valence-electron chi connectivity index (χ1n) is 7.80. The van der Waals surface area contributed by atoms with E-state index in [9.17, 15) is 18.0 Å². The predicted molar refractivity (Wildman–Crippen MR) is 89.6 cm³/mol. The summed E-state index contributed by atoms with van der Waals surface area (Å²) in [5.74, 6) is -0.528.